The van der Waals surface area contributed by atoms with Gasteiger partial charge >= 0.3 is 0 Å². The predicted octanol–water partition coefficient (Wildman–Crippen LogP) is 3.97. The summed E-state index contributed by atoms with van der Waals surface area (Å²) in [4.78, 5) is 11.9. The normalized spacial score (nSPS) is 10.9. The second-order valence-electron chi connectivity index (χ2n) is 6.41. The summed E-state index contributed by atoms with van der Waals surface area (Å²) in [5.41, 5.74) is 0.758. The molecule has 0 radical (unpaired) electrons. The van der Waals surface area contributed by atoms with Crippen LogP contribution in [0, 0.1) is 17.1 Å². The van der Waals surface area contributed by atoms with Crippen LogP contribution < -0.4 is 15.2 Å². The molecular formula is C21H15ClFN3O4S. The monoisotopic (exact) mass is 459 g/mol. The number of primary sulfonamides is 1. The molecule has 0 spiro atoms. The van der Waals surface area contributed by atoms with Crippen LogP contribution >= 0.6 is 11.6 Å². The predicted molar refractivity (Wildman–Crippen MR) is 113 cm³/mol. The van der Waals surface area contributed by atoms with Gasteiger partial charge in [0, 0.05) is 16.8 Å². The summed E-state index contributed by atoms with van der Waals surface area (Å²) in [7, 11) is -4.26. The number of ether oxygens (including phenoxy) is 1. The zero-order valence-corrected chi connectivity index (χ0v) is 17.4. The van der Waals surface area contributed by atoms with Crippen molar-refractivity contribution in [3.63, 3.8) is 0 Å². The Kier molecular flexibility index (Phi) is 6.56. The van der Waals surface area contributed by atoms with E-state index in [9.17, 15) is 17.6 Å². The number of benzene rings is 3. The van der Waals surface area contributed by atoms with Gasteiger partial charge in [0.15, 0.2) is 0 Å². The highest BCUT2D eigenvalue weighted by molar-refractivity contribution is 7.89. The van der Waals surface area contributed by atoms with Gasteiger partial charge in [-0.2, -0.15) is 5.26 Å². The quantitative estimate of drug-likeness (QED) is 0.577. The Balaban J connectivity index is 1.87. The minimum absolute atomic E-state index is 0.00406. The fraction of sp³-hybridized carbons (Fsp3) is 0.0476. The van der Waals surface area contributed by atoms with Crippen molar-refractivity contribution >= 4 is 33.2 Å². The Labute approximate surface area is 182 Å². The van der Waals surface area contributed by atoms with Gasteiger partial charge in [-0.1, -0.05) is 29.8 Å². The van der Waals surface area contributed by atoms with Crippen molar-refractivity contribution in [2.24, 2.45) is 5.14 Å². The fourth-order valence-corrected chi connectivity index (χ4v) is 3.61. The van der Waals surface area contributed by atoms with Crippen LogP contribution in [0.1, 0.15) is 11.1 Å². The van der Waals surface area contributed by atoms with Crippen molar-refractivity contribution in [3.05, 3.63) is 82.6 Å². The molecule has 0 aliphatic rings. The number of sulfonamides is 1. The van der Waals surface area contributed by atoms with Gasteiger partial charge in [-0.05, 0) is 42.0 Å². The van der Waals surface area contributed by atoms with E-state index in [1.807, 2.05) is 0 Å². The molecule has 0 heterocycles. The van der Waals surface area contributed by atoms with Crippen molar-refractivity contribution in [2.45, 2.75) is 11.3 Å². The van der Waals surface area contributed by atoms with Crippen LogP contribution in [-0.2, 0) is 21.2 Å². The highest BCUT2D eigenvalue weighted by Crippen LogP contribution is 2.31. The number of nitriles is 1. The van der Waals surface area contributed by atoms with Crippen LogP contribution in [0.3, 0.4) is 0 Å². The van der Waals surface area contributed by atoms with Gasteiger partial charge in [-0.3, -0.25) is 4.79 Å². The Bertz CT molecular complexity index is 1310. The van der Waals surface area contributed by atoms with Crippen LogP contribution in [-0.4, -0.2) is 14.3 Å². The summed E-state index contributed by atoms with van der Waals surface area (Å²) in [5.74, 6) is -1.43. The van der Waals surface area contributed by atoms with Crippen molar-refractivity contribution in [1.29, 1.82) is 5.26 Å². The molecule has 3 aromatic carbocycles. The van der Waals surface area contributed by atoms with E-state index in [4.69, 9.17) is 26.7 Å². The van der Waals surface area contributed by atoms with Crippen molar-refractivity contribution in [1.82, 2.24) is 0 Å². The molecule has 31 heavy (non-hydrogen) atoms. The number of nitrogens with two attached hydrogens (primary N) is 1. The van der Waals surface area contributed by atoms with Gasteiger partial charge in [-0.25, -0.2) is 17.9 Å². The Morgan fingerprint density at radius 3 is 2.58 bits per heavy atom. The van der Waals surface area contributed by atoms with Crippen LogP contribution in [0.5, 0.6) is 11.5 Å². The SMILES string of the molecule is N#Cc1cc(F)cc(Oc2ccc(NC(=O)Cc3ccccc3Cl)cc2S(N)(=O)=O)c1. The molecule has 1 amide bonds. The molecule has 0 saturated heterocycles. The number of anilines is 1. The summed E-state index contributed by atoms with van der Waals surface area (Å²) in [5, 5.41) is 17.2. The number of amides is 1. The number of nitrogens with one attached hydrogen (secondary N) is 1. The molecule has 3 N–H and O–H groups in total. The molecule has 0 saturated carbocycles. The lowest BCUT2D eigenvalue weighted by molar-refractivity contribution is -0.115. The lowest BCUT2D eigenvalue weighted by Crippen LogP contribution is -2.17. The number of halogens is 2. The first-order chi connectivity index (χ1) is 14.7. The number of carbonyl (C=O) groups is 1. The largest absolute Gasteiger partial charge is 0.456 e. The molecule has 0 aromatic heterocycles. The zero-order valence-electron chi connectivity index (χ0n) is 15.8. The van der Waals surface area contributed by atoms with Gasteiger partial charge in [-0.15, -0.1) is 0 Å². The van der Waals surface area contributed by atoms with Crippen molar-refractivity contribution in [2.75, 3.05) is 5.32 Å². The first-order valence-corrected chi connectivity index (χ1v) is 10.7. The first-order valence-electron chi connectivity index (χ1n) is 8.74. The molecule has 158 valence electrons. The van der Waals surface area contributed by atoms with Crippen molar-refractivity contribution < 1.29 is 22.3 Å². The first kappa shape index (κ1) is 22.2. The molecule has 0 aliphatic carbocycles. The van der Waals surface area contributed by atoms with E-state index in [1.54, 1.807) is 30.3 Å². The van der Waals surface area contributed by atoms with E-state index in [0.29, 0.717) is 10.6 Å². The third-order valence-electron chi connectivity index (χ3n) is 4.07. The van der Waals surface area contributed by atoms with E-state index in [0.717, 1.165) is 18.2 Å². The number of hydrogen-bond acceptors (Lipinski definition) is 5. The fourth-order valence-electron chi connectivity index (χ4n) is 2.73. The topological polar surface area (TPSA) is 122 Å². The molecule has 0 aliphatic heterocycles. The molecule has 7 nitrogen and oxygen atoms in total. The van der Waals surface area contributed by atoms with Crippen molar-refractivity contribution in [3.8, 4) is 17.6 Å². The minimum Gasteiger partial charge on any atom is -0.456 e. The minimum atomic E-state index is -4.26. The summed E-state index contributed by atoms with van der Waals surface area (Å²) in [6.07, 6.45) is -0.0249. The van der Waals surface area contributed by atoms with Crippen LogP contribution in [0.4, 0.5) is 10.1 Å². The van der Waals surface area contributed by atoms with E-state index >= 15 is 0 Å². The molecule has 0 bridgehead atoms. The maximum atomic E-state index is 13.6. The van der Waals surface area contributed by atoms with Gasteiger partial charge in [0.05, 0.1) is 18.1 Å². The second-order valence-corrected chi connectivity index (χ2v) is 8.35. The number of rotatable bonds is 6. The van der Waals surface area contributed by atoms with E-state index < -0.39 is 26.6 Å². The average Bonchev–Trinajstić information content (AvgIpc) is 2.69. The van der Waals surface area contributed by atoms with Crippen LogP contribution in [0.15, 0.2) is 65.6 Å². The van der Waals surface area contributed by atoms with Gasteiger partial charge in [0.25, 0.3) is 0 Å². The third kappa shape index (κ3) is 5.79. The standard InChI is InChI=1S/C21H15ClFN3O4S/c22-18-4-2-1-3-14(18)9-21(27)26-16-5-6-19(20(11-16)31(25,28)29)30-17-8-13(12-24)7-15(23)10-17/h1-8,10-11H,9H2,(H,26,27)(H2,25,28,29). The Hall–Kier alpha value is -3.45. The van der Waals surface area contributed by atoms with Crippen LogP contribution in [0.2, 0.25) is 5.02 Å². The molecule has 0 fully saturated rings. The summed E-state index contributed by atoms with van der Waals surface area (Å²) < 4.78 is 43.2. The molecule has 0 unspecified atom stereocenters. The molecule has 3 rings (SSSR count). The third-order valence-corrected chi connectivity index (χ3v) is 5.37. The Morgan fingerprint density at radius 2 is 1.90 bits per heavy atom. The van der Waals surface area contributed by atoms with Gasteiger partial charge in [0.2, 0.25) is 15.9 Å². The smallest absolute Gasteiger partial charge is 0.241 e. The zero-order chi connectivity index (χ0) is 22.6. The number of nitrogens with zero attached hydrogens (tertiary/aromatic N) is 1. The van der Waals surface area contributed by atoms with E-state index in [2.05, 4.69) is 5.32 Å². The maximum Gasteiger partial charge on any atom is 0.241 e. The number of hydrogen-bond donors (Lipinski definition) is 2. The van der Waals surface area contributed by atoms with Crippen LogP contribution in [0.25, 0.3) is 0 Å². The summed E-state index contributed by atoms with van der Waals surface area (Å²) in [6.45, 7) is 0. The molecule has 0 atom stereocenters. The van der Waals surface area contributed by atoms with E-state index in [-0.39, 0.29) is 29.2 Å². The average molecular weight is 460 g/mol. The molecule has 10 heteroatoms. The molecule has 3 aromatic rings. The summed E-state index contributed by atoms with van der Waals surface area (Å²) >= 11 is 6.05. The Morgan fingerprint density at radius 1 is 1.16 bits per heavy atom. The lowest BCUT2D eigenvalue weighted by atomic mass is 10.1. The maximum absolute atomic E-state index is 13.6. The second kappa shape index (κ2) is 9.14. The number of carbonyl (C=O) groups excluding carboxylic acids is 1. The molecular weight excluding hydrogens is 445 g/mol. The van der Waals surface area contributed by atoms with Gasteiger partial charge < -0.3 is 10.1 Å². The highest BCUT2D eigenvalue weighted by Gasteiger charge is 2.18. The van der Waals surface area contributed by atoms with E-state index in [1.165, 1.54) is 18.2 Å². The highest BCUT2D eigenvalue weighted by atomic mass is 35.5. The van der Waals surface area contributed by atoms with Gasteiger partial charge in [0.1, 0.15) is 22.2 Å². The summed E-state index contributed by atoms with van der Waals surface area (Å²) in [6, 6.07) is 15.6. The lowest BCUT2D eigenvalue weighted by Gasteiger charge is -2.13.